The fourth-order valence-corrected chi connectivity index (χ4v) is 2.66. The Kier molecular flexibility index (Phi) is 5.59. The molecule has 2 atom stereocenters. The first-order valence-corrected chi connectivity index (χ1v) is 7.38. The molecule has 1 aliphatic rings. The molecule has 5 nitrogen and oxygen atoms in total. The number of aromatic carboxylic acids is 1. The summed E-state index contributed by atoms with van der Waals surface area (Å²) in [5, 5.41) is 8.93. The Morgan fingerprint density at radius 1 is 1.38 bits per heavy atom. The number of ether oxygens (including phenoxy) is 2. The lowest BCUT2D eigenvalue weighted by Gasteiger charge is -2.35. The molecule has 116 valence electrons. The highest BCUT2D eigenvalue weighted by Gasteiger charge is 2.21. The molecular weight excluding hydrogens is 270 g/mol. The highest BCUT2D eigenvalue weighted by molar-refractivity contribution is 5.87. The summed E-state index contributed by atoms with van der Waals surface area (Å²) in [4.78, 5) is 13.3. The average molecular weight is 293 g/mol. The average Bonchev–Trinajstić information content (AvgIpc) is 2.43. The van der Waals surface area contributed by atoms with Gasteiger partial charge >= 0.3 is 5.97 Å². The Morgan fingerprint density at radius 2 is 2.10 bits per heavy atom. The number of benzene rings is 1. The van der Waals surface area contributed by atoms with Crippen LogP contribution in [0.3, 0.4) is 0 Å². The minimum atomic E-state index is -0.934. The van der Waals surface area contributed by atoms with Crippen LogP contribution in [-0.2, 0) is 4.74 Å². The van der Waals surface area contributed by atoms with Crippen LogP contribution in [0.2, 0.25) is 0 Å². The second kappa shape index (κ2) is 7.43. The minimum Gasteiger partial charge on any atom is -0.494 e. The van der Waals surface area contributed by atoms with E-state index >= 15 is 0 Å². The van der Waals surface area contributed by atoms with Crippen LogP contribution >= 0.6 is 0 Å². The van der Waals surface area contributed by atoms with Crippen molar-refractivity contribution in [3.8, 4) is 5.75 Å². The minimum absolute atomic E-state index is 0.253. The van der Waals surface area contributed by atoms with E-state index < -0.39 is 5.97 Å². The summed E-state index contributed by atoms with van der Waals surface area (Å²) in [6, 6.07) is 6.60. The van der Waals surface area contributed by atoms with E-state index in [1.54, 1.807) is 24.3 Å². The molecule has 21 heavy (non-hydrogen) atoms. The van der Waals surface area contributed by atoms with Crippen molar-refractivity contribution >= 4 is 5.97 Å². The molecule has 1 fully saturated rings. The number of carboxylic acids is 1. The van der Waals surface area contributed by atoms with E-state index in [0.29, 0.717) is 12.4 Å². The van der Waals surface area contributed by atoms with Crippen molar-refractivity contribution in [3.05, 3.63) is 29.8 Å². The van der Waals surface area contributed by atoms with E-state index in [1.807, 2.05) is 0 Å². The lowest BCUT2D eigenvalue weighted by atomic mass is 10.2. The number of hydrogen-bond donors (Lipinski definition) is 1. The molecule has 0 bridgehead atoms. The van der Waals surface area contributed by atoms with Gasteiger partial charge in [0, 0.05) is 19.6 Å². The van der Waals surface area contributed by atoms with Crippen molar-refractivity contribution in [2.24, 2.45) is 0 Å². The Balaban J connectivity index is 1.72. The van der Waals surface area contributed by atoms with E-state index in [1.165, 1.54) is 0 Å². The van der Waals surface area contributed by atoms with Crippen molar-refractivity contribution in [3.63, 3.8) is 0 Å². The van der Waals surface area contributed by atoms with Crippen LogP contribution < -0.4 is 4.74 Å². The molecule has 1 saturated heterocycles. The van der Waals surface area contributed by atoms with Gasteiger partial charge in [0.05, 0.1) is 24.4 Å². The van der Waals surface area contributed by atoms with Crippen molar-refractivity contribution in [1.82, 2.24) is 4.90 Å². The van der Waals surface area contributed by atoms with Gasteiger partial charge in [-0.1, -0.05) is 6.07 Å². The molecule has 1 aromatic rings. The maximum atomic E-state index is 10.9. The summed E-state index contributed by atoms with van der Waals surface area (Å²) < 4.78 is 11.3. The normalized spacial score (nSPS) is 23.0. The number of nitrogens with zero attached hydrogens (tertiary/aromatic N) is 1. The second-order valence-corrected chi connectivity index (χ2v) is 5.55. The van der Waals surface area contributed by atoms with E-state index in [-0.39, 0.29) is 17.8 Å². The highest BCUT2D eigenvalue weighted by Crippen LogP contribution is 2.14. The van der Waals surface area contributed by atoms with Crippen LogP contribution in [0, 0.1) is 0 Å². The summed E-state index contributed by atoms with van der Waals surface area (Å²) in [5.41, 5.74) is 0.253. The molecule has 2 unspecified atom stereocenters. The molecule has 0 aromatic heterocycles. The summed E-state index contributed by atoms with van der Waals surface area (Å²) in [7, 11) is 0. The van der Waals surface area contributed by atoms with Gasteiger partial charge in [0.1, 0.15) is 5.75 Å². The number of rotatable bonds is 6. The van der Waals surface area contributed by atoms with E-state index in [0.717, 1.165) is 26.1 Å². The lowest BCUT2D eigenvalue weighted by Crippen LogP contribution is -2.45. The zero-order valence-corrected chi connectivity index (χ0v) is 12.6. The Labute approximate surface area is 125 Å². The van der Waals surface area contributed by atoms with Crippen molar-refractivity contribution < 1.29 is 19.4 Å². The van der Waals surface area contributed by atoms with Gasteiger partial charge in [-0.25, -0.2) is 4.79 Å². The quantitative estimate of drug-likeness (QED) is 0.815. The maximum absolute atomic E-state index is 10.9. The van der Waals surface area contributed by atoms with Crippen LogP contribution in [-0.4, -0.2) is 54.4 Å². The van der Waals surface area contributed by atoms with E-state index in [2.05, 4.69) is 18.7 Å². The Bertz CT molecular complexity index is 467. The molecule has 5 heteroatoms. The van der Waals surface area contributed by atoms with Crippen LogP contribution in [0.15, 0.2) is 24.3 Å². The first-order valence-electron chi connectivity index (χ1n) is 7.38. The maximum Gasteiger partial charge on any atom is 0.335 e. The molecular formula is C16H23NO4. The fourth-order valence-electron chi connectivity index (χ4n) is 2.66. The molecule has 0 spiro atoms. The van der Waals surface area contributed by atoms with Gasteiger partial charge in [-0.15, -0.1) is 0 Å². The zero-order valence-electron chi connectivity index (χ0n) is 12.6. The zero-order chi connectivity index (χ0) is 15.2. The van der Waals surface area contributed by atoms with Crippen LogP contribution in [0.1, 0.15) is 30.6 Å². The van der Waals surface area contributed by atoms with Crippen molar-refractivity contribution in [1.29, 1.82) is 0 Å². The van der Waals surface area contributed by atoms with Gasteiger partial charge in [0.15, 0.2) is 0 Å². The summed E-state index contributed by atoms with van der Waals surface area (Å²) >= 11 is 0. The predicted molar refractivity (Wildman–Crippen MR) is 80.0 cm³/mol. The highest BCUT2D eigenvalue weighted by atomic mass is 16.5. The lowest BCUT2D eigenvalue weighted by molar-refractivity contribution is -0.0686. The third-order valence-corrected chi connectivity index (χ3v) is 3.46. The van der Waals surface area contributed by atoms with Gasteiger partial charge in [-0.05, 0) is 38.5 Å². The molecule has 0 aliphatic carbocycles. The number of morpholine rings is 1. The van der Waals surface area contributed by atoms with Crippen molar-refractivity contribution in [2.45, 2.75) is 32.5 Å². The molecule has 0 saturated carbocycles. The molecule has 0 radical (unpaired) electrons. The molecule has 1 N–H and O–H groups in total. The van der Waals surface area contributed by atoms with Gasteiger partial charge in [-0.3, -0.25) is 4.90 Å². The summed E-state index contributed by atoms with van der Waals surface area (Å²) in [6.45, 7) is 7.66. The topological polar surface area (TPSA) is 59.0 Å². The summed E-state index contributed by atoms with van der Waals surface area (Å²) in [6.07, 6.45) is 1.47. The summed E-state index contributed by atoms with van der Waals surface area (Å²) in [5.74, 6) is -0.324. The van der Waals surface area contributed by atoms with E-state index in [4.69, 9.17) is 14.6 Å². The molecule has 1 heterocycles. The standard InChI is InChI=1S/C16H23NO4/c1-12-10-17(11-13(2)21-12)7-4-8-20-15-6-3-5-14(9-15)16(18)19/h3,5-6,9,12-13H,4,7-8,10-11H2,1-2H3,(H,18,19). The first-order chi connectivity index (χ1) is 10.0. The van der Waals surface area contributed by atoms with Gasteiger partial charge < -0.3 is 14.6 Å². The second-order valence-electron chi connectivity index (χ2n) is 5.55. The smallest absolute Gasteiger partial charge is 0.335 e. The fraction of sp³-hybridized carbons (Fsp3) is 0.562. The third kappa shape index (κ3) is 5.02. The molecule has 1 aliphatic heterocycles. The number of hydrogen-bond acceptors (Lipinski definition) is 4. The van der Waals surface area contributed by atoms with Gasteiger partial charge in [0.2, 0.25) is 0 Å². The number of carboxylic acid groups (broad SMARTS) is 1. The Morgan fingerprint density at radius 3 is 2.76 bits per heavy atom. The molecule has 2 rings (SSSR count). The SMILES string of the molecule is CC1CN(CCCOc2cccc(C(=O)O)c2)CC(C)O1. The molecule has 1 aromatic carbocycles. The third-order valence-electron chi connectivity index (χ3n) is 3.46. The van der Waals surface area contributed by atoms with Crippen LogP contribution in [0.4, 0.5) is 0 Å². The van der Waals surface area contributed by atoms with Crippen LogP contribution in [0.5, 0.6) is 5.75 Å². The van der Waals surface area contributed by atoms with Crippen LogP contribution in [0.25, 0.3) is 0 Å². The van der Waals surface area contributed by atoms with Gasteiger partial charge in [-0.2, -0.15) is 0 Å². The van der Waals surface area contributed by atoms with Gasteiger partial charge in [0.25, 0.3) is 0 Å². The number of carbonyl (C=O) groups is 1. The largest absolute Gasteiger partial charge is 0.494 e. The van der Waals surface area contributed by atoms with E-state index in [9.17, 15) is 4.79 Å². The van der Waals surface area contributed by atoms with Crippen molar-refractivity contribution in [2.75, 3.05) is 26.2 Å². The molecule has 0 amide bonds. The monoisotopic (exact) mass is 293 g/mol. The Hall–Kier alpha value is -1.59. The first kappa shape index (κ1) is 15.8. The predicted octanol–water partition coefficient (Wildman–Crippen LogP) is 2.26.